The molecular weight excluding hydrogens is 354 g/mol. The fourth-order valence-corrected chi connectivity index (χ4v) is 2.47. The molecule has 0 aliphatic rings. The molecule has 2 rings (SSSR count). The molecule has 0 saturated heterocycles. The summed E-state index contributed by atoms with van der Waals surface area (Å²) in [6, 6.07) is 10.3. The molecule has 1 nitrogen and oxygen atoms in total. The Kier molecular flexibility index (Phi) is 4.85. The predicted octanol–water partition coefficient (Wildman–Crippen LogP) is 5.17. The fourth-order valence-electron chi connectivity index (χ4n) is 1.78. The van der Waals surface area contributed by atoms with E-state index in [2.05, 4.69) is 15.9 Å². The zero-order valence-electron chi connectivity index (χ0n) is 9.71. The molecule has 2 aromatic rings. The topological polar surface area (TPSA) is 20.2 Å². The lowest BCUT2D eigenvalue weighted by atomic mass is 10.0. The fraction of sp³-hybridized carbons (Fsp3) is 0.143. The minimum Gasteiger partial charge on any atom is -0.388 e. The van der Waals surface area contributed by atoms with Crippen LogP contribution in [0.15, 0.2) is 40.9 Å². The van der Waals surface area contributed by atoms with Crippen LogP contribution in [-0.2, 0) is 6.42 Å². The van der Waals surface area contributed by atoms with Crippen LogP contribution in [-0.4, -0.2) is 5.11 Å². The highest BCUT2D eigenvalue weighted by atomic mass is 79.9. The number of benzene rings is 2. The van der Waals surface area contributed by atoms with Crippen molar-refractivity contribution in [2.24, 2.45) is 0 Å². The Bertz CT molecular complexity index is 604. The SMILES string of the molecule is OC(Cc1ccccc1Cl)c1ccc(Br)c(Cl)c1F. The van der Waals surface area contributed by atoms with Crippen molar-refractivity contribution in [1.29, 1.82) is 0 Å². The molecule has 100 valence electrons. The number of hydrogen-bond donors (Lipinski definition) is 1. The van der Waals surface area contributed by atoms with Gasteiger partial charge in [0.05, 0.1) is 11.1 Å². The van der Waals surface area contributed by atoms with Crippen molar-refractivity contribution in [3.63, 3.8) is 0 Å². The highest BCUT2D eigenvalue weighted by Crippen LogP contribution is 2.32. The second-order valence-corrected chi connectivity index (χ2v) is 5.72. The third-order valence-corrected chi connectivity index (χ3v) is 4.42. The summed E-state index contributed by atoms with van der Waals surface area (Å²) in [4.78, 5) is 0. The van der Waals surface area contributed by atoms with E-state index in [1.165, 1.54) is 6.07 Å². The number of aliphatic hydroxyl groups excluding tert-OH is 1. The van der Waals surface area contributed by atoms with Gasteiger partial charge in [-0.25, -0.2) is 4.39 Å². The average Bonchev–Trinajstić information content (AvgIpc) is 2.39. The molecular formula is C14H10BrCl2FO. The van der Waals surface area contributed by atoms with Gasteiger partial charge in [0.2, 0.25) is 0 Å². The number of aliphatic hydroxyl groups is 1. The van der Waals surface area contributed by atoms with Crippen molar-refractivity contribution in [2.45, 2.75) is 12.5 Å². The summed E-state index contributed by atoms with van der Waals surface area (Å²) >= 11 is 14.9. The molecule has 5 heteroatoms. The Morgan fingerprint density at radius 3 is 2.53 bits per heavy atom. The zero-order valence-corrected chi connectivity index (χ0v) is 12.8. The van der Waals surface area contributed by atoms with Gasteiger partial charge in [-0.3, -0.25) is 0 Å². The van der Waals surface area contributed by atoms with E-state index in [1.54, 1.807) is 24.3 Å². The molecule has 1 N–H and O–H groups in total. The largest absolute Gasteiger partial charge is 0.388 e. The first-order valence-corrected chi connectivity index (χ1v) is 7.10. The minimum atomic E-state index is -0.995. The quantitative estimate of drug-likeness (QED) is 0.745. The van der Waals surface area contributed by atoms with Crippen molar-refractivity contribution >= 4 is 39.1 Å². The van der Waals surface area contributed by atoms with Crippen LogP contribution < -0.4 is 0 Å². The smallest absolute Gasteiger partial charge is 0.148 e. The van der Waals surface area contributed by atoms with Crippen molar-refractivity contribution in [1.82, 2.24) is 0 Å². The van der Waals surface area contributed by atoms with Gasteiger partial charge < -0.3 is 5.11 Å². The third kappa shape index (κ3) is 3.29. The van der Waals surface area contributed by atoms with Gasteiger partial charge in [0.25, 0.3) is 0 Å². The van der Waals surface area contributed by atoms with Crippen LogP contribution in [0.5, 0.6) is 0 Å². The standard InChI is InChI=1S/C14H10BrCl2FO/c15-10-6-5-9(14(18)13(10)17)12(19)7-8-3-1-2-4-11(8)16/h1-6,12,19H,7H2. The highest BCUT2D eigenvalue weighted by molar-refractivity contribution is 9.10. The van der Waals surface area contributed by atoms with E-state index in [0.717, 1.165) is 5.56 Å². The number of hydrogen-bond acceptors (Lipinski definition) is 1. The summed E-state index contributed by atoms with van der Waals surface area (Å²) in [5.74, 6) is -0.615. The molecule has 2 aromatic carbocycles. The molecule has 1 atom stereocenters. The average molecular weight is 364 g/mol. The number of halogens is 4. The summed E-state index contributed by atoms with van der Waals surface area (Å²) in [7, 11) is 0. The van der Waals surface area contributed by atoms with Crippen molar-refractivity contribution in [3.05, 3.63) is 67.9 Å². The molecule has 0 spiro atoms. The van der Waals surface area contributed by atoms with E-state index in [-0.39, 0.29) is 17.0 Å². The lowest BCUT2D eigenvalue weighted by Gasteiger charge is -2.14. The summed E-state index contributed by atoms with van der Waals surface area (Å²) in [6.07, 6.45) is -0.764. The van der Waals surface area contributed by atoms with Gasteiger partial charge in [-0.2, -0.15) is 0 Å². The first-order chi connectivity index (χ1) is 9.00. The molecule has 0 bridgehead atoms. The van der Waals surface area contributed by atoms with Gasteiger partial charge in [-0.15, -0.1) is 0 Å². The zero-order chi connectivity index (χ0) is 14.0. The molecule has 19 heavy (non-hydrogen) atoms. The first kappa shape index (κ1) is 14.8. The molecule has 0 amide bonds. The summed E-state index contributed by atoms with van der Waals surface area (Å²) in [5.41, 5.74) is 0.920. The van der Waals surface area contributed by atoms with E-state index in [1.807, 2.05) is 6.07 Å². The van der Waals surface area contributed by atoms with Crippen LogP contribution in [0.25, 0.3) is 0 Å². The maximum Gasteiger partial charge on any atom is 0.148 e. The summed E-state index contributed by atoms with van der Waals surface area (Å²) in [6.45, 7) is 0. The van der Waals surface area contributed by atoms with Gasteiger partial charge in [0.1, 0.15) is 5.82 Å². The Balaban J connectivity index is 2.28. The Morgan fingerprint density at radius 2 is 1.84 bits per heavy atom. The van der Waals surface area contributed by atoms with Crippen molar-refractivity contribution < 1.29 is 9.50 Å². The number of rotatable bonds is 3. The van der Waals surface area contributed by atoms with E-state index in [9.17, 15) is 9.50 Å². The van der Waals surface area contributed by atoms with E-state index in [4.69, 9.17) is 23.2 Å². The van der Waals surface area contributed by atoms with E-state index < -0.39 is 11.9 Å². The Hall–Kier alpha value is -0.610. The van der Waals surface area contributed by atoms with E-state index >= 15 is 0 Å². The monoisotopic (exact) mass is 362 g/mol. The lowest BCUT2D eigenvalue weighted by molar-refractivity contribution is 0.173. The van der Waals surface area contributed by atoms with Gasteiger partial charge in [-0.1, -0.05) is 47.5 Å². The third-order valence-electron chi connectivity index (χ3n) is 2.80. The summed E-state index contributed by atoms with van der Waals surface area (Å²) < 4.78 is 14.4. The summed E-state index contributed by atoms with van der Waals surface area (Å²) in [5, 5.41) is 10.6. The Morgan fingerprint density at radius 1 is 1.16 bits per heavy atom. The van der Waals surface area contributed by atoms with Gasteiger partial charge >= 0.3 is 0 Å². The van der Waals surface area contributed by atoms with Crippen LogP contribution in [0.2, 0.25) is 10.0 Å². The second kappa shape index (κ2) is 6.23. The molecule has 0 aromatic heterocycles. The lowest BCUT2D eigenvalue weighted by Crippen LogP contribution is -2.05. The van der Waals surface area contributed by atoms with Crippen molar-refractivity contribution in [3.8, 4) is 0 Å². The van der Waals surface area contributed by atoms with Gasteiger partial charge in [0, 0.05) is 21.5 Å². The molecule has 0 radical (unpaired) electrons. The maximum atomic E-state index is 14.0. The van der Waals surface area contributed by atoms with E-state index in [0.29, 0.717) is 9.50 Å². The molecule has 0 heterocycles. The van der Waals surface area contributed by atoms with Crippen LogP contribution in [0.4, 0.5) is 4.39 Å². The normalized spacial score (nSPS) is 12.5. The second-order valence-electron chi connectivity index (χ2n) is 4.08. The maximum absolute atomic E-state index is 14.0. The molecule has 0 aliphatic heterocycles. The van der Waals surface area contributed by atoms with Gasteiger partial charge in [0.15, 0.2) is 0 Å². The first-order valence-electron chi connectivity index (χ1n) is 5.55. The minimum absolute atomic E-state index is 0.0318. The molecule has 0 fully saturated rings. The predicted molar refractivity (Wildman–Crippen MR) is 79.2 cm³/mol. The van der Waals surface area contributed by atoms with Crippen molar-refractivity contribution in [2.75, 3.05) is 0 Å². The Labute approximate surface area is 129 Å². The van der Waals surface area contributed by atoms with Crippen LogP contribution >= 0.6 is 39.1 Å². The van der Waals surface area contributed by atoms with Crippen LogP contribution in [0.1, 0.15) is 17.2 Å². The van der Waals surface area contributed by atoms with Gasteiger partial charge in [-0.05, 0) is 33.6 Å². The van der Waals surface area contributed by atoms with Crippen LogP contribution in [0.3, 0.4) is 0 Å². The molecule has 1 unspecified atom stereocenters. The highest BCUT2D eigenvalue weighted by Gasteiger charge is 2.18. The molecule has 0 saturated carbocycles. The van der Waals surface area contributed by atoms with Crippen LogP contribution in [0, 0.1) is 5.82 Å². The molecule has 0 aliphatic carbocycles.